The number of nitrogens with two attached hydrogens (primary N) is 1. The third-order valence-electron chi connectivity index (χ3n) is 2.56. The van der Waals surface area contributed by atoms with E-state index in [9.17, 15) is 9.59 Å². The molecule has 0 radical (unpaired) electrons. The van der Waals surface area contributed by atoms with E-state index in [0.717, 1.165) is 5.56 Å². The lowest BCUT2D eigenvalue weighted by molar-refractivity contribution is -0.144. The Hall–Kier alpha value is -2.08. The van der Waals surface area contributed by atoms with E-state index in [-0.39, 0.29) is 0 Å². The molecule has 1 aromatic rings. The second-order valence-electron chi connectivity index (χ2n) is 5.77. The van der Waals surface area contributed by atoms with Gasteiger partial charge in [0.25, 0.3) is 0 Å². The van der Waals surface area contributed by atoms with Crippen molar-refractivity contribution < 1.29 is 23.8 Å². The van der Waals surface area contributed by atoms with E-state index in [0.29, 0.717) is 18.8 Å². The molecule has 1 unspecified atom stereocenters. The zero-order valence-corrected chi connectivity index (χ0v) is 13.4. The lowest BCUT2D eigenvalue weighted by Crippen LogP contribution is -2.34. The van der Waals surface area contributed by atoms with Gasteiger partial charge in [0.15, 0.2) is 0 Å². The summed E-state index contributed by atoms with van der Waals surface area (Å²) in [7, 11) is 0. The molecule has 0 aromatic heterocycles. The summed E-state index contributed by atoms with van der Waals surface area (Å²) in [6.45, 7) is 7.30. The Morgan fingerprint density at radius 2 is 1.77 bits per heavy atom. The highest BCUT2D eigenvalue weighted by molar-refractivity contribution is 5.75. The monoisotopic (exact) mass is 309 g/mol. The molecule has 6 heteroatoms. The summed E-state index contributed by atoms with van der Waals surface area (Å²) in [5.74, 6) is -0.0701. The van der Waals surface area contributed by atoms with E-state index >= 15 is 0 Å². The minimum absolute atomic E-state index is 0.301. The number of carbonyl (C=O) groups excluding carboxylic acids is 2. The second kappa shape index (κ2) is 7.79. The molecule has 0 amide bonds. The van der Waals surface area contributed by atoms with Gasteiger partial charge in [-0.2, -0.15) is 0 Å². The highest BCUT2D eigenvalue weighted by Crippen LogP contribution is 2.16. The molecule has 122 valence electrons. The number of rotatable bonds is 5. The molecule has 0 aliphatic rings. The zero-order chi connectivity index (χ0) is 16.8. The molecule has 0 heterocycles. The summed E-state index contributed by atoms with van der Waals surface area (Å²) < 4.78 is 15.0. The molecule has 0 aliphatic heterocycles. The highest BCUT2D eigenvalue weighted by atomic mass is 16.7. The van der Waals surface area contributed by atoms with Gasteiger partial charge < -0.3 is 19.9 Å². The molecule has 22 heavy (non-hydrogen) atoms. The molecule has 0 bridgehead atoms. The number of hydrogen-bond donors (Lipinski definition) is 1. The van der Waals surface area contributed by atoms with Crippen LogP contribution >= 0.6 is 0 Å². The fourth-order valence-corrected chi connectivity index (χ4v) is 1.65. The maximum Gasteiger partial charge on any atom is 0.514 e. The van der Waals surface area contributed by atoms with Gasteiger partial charge in [-0.3, -0.25) is 4.79 Å². The zero-order valence-electron chi connectivity index (χ0n) is 13.4. The van der Waals surface area contributed by atoms with Crippen LogP contribution in [0.4, 0.5) is 4.79 Å². The third-order valence-corrected chi connectivity index (χ3v) is 2.56. The van der Waals surface area contributed by atoms with E-state index in [4.69, 9.17) is 19.9 Å². The molecule has 0 aliphatic carbocycles. The molecule has 0 fully saturated rings. The van der Waals surface area contributed by atoms with Crippen molar-refractivity contribution in [3.8, 4) is 5.75 Å². The topological polar surface area (TPSA) is 87.9 Å². The number of esters is 1. The Bertz CT molecular complexity index is 504. The van der Waals surface area contributed by atoms with Crippen LogP contribution in [0.5, 0.6) is 5.75 Å². The van der Waals surface area contributed by atoms with Gasteiger partial charge in [0.1, 0.15) is 17.4 Å². The van der Waals surface area contributed by atoms with Gasteiger partial charge >= 0.3 is 12.1 Å². The van der Waals surface area contributed by atoms with Crippen molar-refractivity contribution in [1.29, 1.82) is 0 Å². The van der Waals surface area contributed by atoms with Gasteiger partial charge in [0, 0.05) is 0 Å². The van der Waals surface area contributed by atoms with Crippen LogP contribution in [0.1, 0.15) is 33.3 Å². The van der Waals surface area contributed by atoms with Crippen molar-refractivity contribution in [2.75, 3.05) is 6.61 Å². The summed E-state index contributed by atoms with van der Waals surface area (Å²) in [6.07, 6.45) is -0.408. The average molecular weight is 309 g/mol. The smallest absolute Gasteiger partial charge is 0.465 e. The van der Waals surface area contributed by atoms with E-state index in [1.165, 1.54) is 0 Å². The lowest BCUT2D eigenvalue weighted by Gasteiger charge is -2.18. The van der Waals surface area contributed by atoms with E-state index in [1.807, 2.05) is 0 Å². The Morgan fingerprint density at radius 3 is 2.27 bits per heavy atom. The van der Waals surface area contributed by atoms with Crippen LogP contribution in [0.3, 0.4) is 0 Å². The fraction of sp³-hybridized carbons (Fsp3) is 0.500. The molecule has 1 aromatic carbocycles. The lowest BCUT2D eigenvalue weighted by atomic mass is 10.1. The average Bonchev–Trinajstić information content (AvgIpc) is 2.39. The Kier molecular flexibility index (Phi) is 6.37. The summed E-state index contributed by atoms with van der Waals surface area (Å²) in [6, 6.07) is 6.00. The molecule has 0 saturated carbocycles. The van der Waals surface area contributed by atoms with Gasteiger partial charge in [-0.15, -0.1) is 0 Å². The van der Waals surface area contributed by atoms with Gasteiger partial charge in [-0.1, -0.05) is 12.1 Å². The van der Waals surface area contributed by atoms with E-state index < -0.39 is 23.8 Å². The second-order valence-corrected chi connectivity index (χ2v) is 5.77. The predicted molar refractivity (Wildman–Crippen MR) is 81.6 cm³/mol. The van der Waals surface area contributed by atoms with E-state index in [1.54, 1.807) is 52.0 Å². The van der Waals surface area contributed by atoms with Crippen molar-refractivity contribution in [2.24, 2.45) is 5.73 Å². The van der Waals surface area contributed by atoms with Crippen LogP contribution in [0.15, 0.2) is 24.3 Å². The van der Waals surface area contributed by atoms with Gasteiger partial charge in [0.2, 0.25) is 0 Å². The standard InChI is InChI=1S/C16H23NO5/c1-5-20-14(18)13(17)10-11-6-8-12(9-7-11)21-15(19)22-16(2,3)4/h6-9,13H,5,10,17H2,1-4H3. The van der Waals surface area contributed by atoms with Crippen LogP contribution in [0, 0.1) is 0 Å². The summed E-state index contributed by atoms with van der Waals surface area (Å²) in [5.41, 5.74) is 5.98. The molecule has 2 N–H and O–H groups in total. The number of benzene rings is 1. The first-order valence-electron chi connectivity index (χ1n) is 7.13. The van der Waals surface area contributed by atoms with Crippen LogP contribution in [-0.2, 0) is 20.7 Å². The molecule has 0 saturated heterocycles. The van der Waals surface area contributed by atoms with Gasteiger partial charge in [0.05, 0.1) is 6.61 Å². The SMILES string of the molecule is CCOC(=O)C(N)Cc1ccc(OC(=O)OC(C)(C)C)cc1. The van der Waals surface area contributed by atoms with Crippen molar-refractivity contribution in [1.82, 2.24) is 0 Å². The molecular weight excluding hydrogens is 286 g/mol. The fourth-order valence-electron chi connectivity index (χ4n) is 1.65. The first-order chi connectivity index (χ1) is 10.2. The molecule has 1 atom stereocenters. The van der Waals surface area contributed by atoms with Crippen LogP contribution in [-0.4, -0.2) is 30.4 Å². The molecular formula is C16H23NO5. The number of ether oxygens (including phenoxy) is 3. The minimum Gasteiger partial charge on any atom is -0.465 e. The summed E-state index contributed by atoms with van der Waals surface area (Å²) >= 11 is 0. The largest absolute Gasteiger partial charge is 0.514 e. The maximum absolute atomic E-state index is 11.5. The first kappa shape index (κ1) is 18.0. The quantitative estimate of drug-likeness (QED) is 0.664. The molecule has 6 nitrogen and oxygen atoms in total. The molecule has 1 rings (SSSR count). The first-order valence-corrected chi connectivity index (χ1v) is 7.13. The highest BCUT2D eigenvalue weighted by Gasteiger charge is 2.18. The summed E-state index contributed by atoms with van der Waals surface area (Å²) in [5, 5.41) is 0. The number of carbonyl (C=O) groups is 2. The third kappa shape index (κ3) is 6.58. The Labute approximate surface area is 130 Å². The van der Waals surface area contributed by atoms with Crippen molar-refractivity contribution in [3.63, 3.8) is 0 Å². The van der Waals surface area contributed by atoms with Crippen LogP contribution in [0.25, 0.3) is 0 Å². The van der Waals surface area contributed by atoms with Crippen LogP contribution in [0.2, 0.25) is 0 Å². The Morgan fingerprint density at radius 1 is 1.18 bits per heavy atom. The van der Waals surface area contributed by atoms with Gasteiger partial charge in [-0.25, -0.2) is 4.79 Å². The van der Waals surface area contributed by atoms with Crippen molar-refractivity contribution >= 4 is 12.1 Å². The van der Waals surface area contributed by atoms with E-state index in [2.05, 4.69) is 0 Å². The predicted octanol–water partition coefficient (Wildman–Crippen LogP) is 2.43. The van der Waals surface area contributed by atoms with Crippen LogP contribution < -0.4 is 10.5 Å². The Balaban J connectivity index is 2.56. The maximum atomic E-state index is 11.5. The van der Waals surface area contributed by atoms with Crippen molar-refractivity contribution in [2.45, 2.75) is 45.8 Å². The minimum atomic E-state index is -0.761. The normalized spacial score (nSPS) is 12.4. The van der Waals surface area contributed by atoms with Crippen molar-refractivity contribution in [3.05, 3.63) is 29.8 Å². The van der Waals surface area contributed by atoms with Gasteiger partial charge in [-0.05, 0) is 51.8 Å². The summed E-state index contributed by atoms with van der Waals surface area (Å²) in [4.78, 5) is 23.0. The number of hydrogen-bond acceptors (Lipinski definition) is 6. The molecule has 0 spiro atoms.